The van der Waals surface area contributed by atoms with E-state index in [1.807, 2.05) is 31.2 Å². The zero-order valence-corrected chi connectivity index (χ0v) is 15.5. The molecule has 0 unspecified atom stereocenters. The zero-order chi connectivity index (χ0) is 18.9. The largest absolute Gasteiger partial charge is 0.494 e. The van der Waals surface area contributed by atoms with Crippen LogP contribution in [0, 0.1) is 0 Å². The fourth-order valence-corrected chi connectivity index (χ4v) is 2.52. The minimum atomic E-state index is -0.543. The average molecular weight is 355 g/mol. The molecular weight excluding hydrogens is 330 g/mol. The van der Waals surface area contributed by atoms with E-state index >= 15 is 0 Å². The minimum Gasteiger partial charge on any atom is -0.494 e. The molecule has 1 N–H and O–H groups in total. The highest BCUT2D eigenvalue weighted by Crippen LogP contribution is 2.26. The van der Waals surface area contributed by atoms with E-state index in [1.165, 1.54) is 0 Å². The molecule has 2 aromatic carbocycles. The number of anilines is 1. The molecule has 1 atom stereocenters. The van der Waals surface area contributed by atoms with Crippen LogP contribution in [0.3, 0.4) is 0 Å². The Morgan fingerprint density at radius 2 is 1.73 bits per heavy atom. The maximum absolute atomic E-state index is 12.1. The number of carbonyl (C=O) groups is 2. The van der Waals surface area contributed by atoms with Crippen LogP contribution in [0.25, 0.3) is 0 Å². The highest BCUT2D eigenvalue weighted by molar-refractivity contribution is 5.96. The molecule has 0 aliphatic heterocycles. The molecular formula is C21H25NO4. The third-order valence-electron chi connectivity index (χ3n) is 4.11. The molecule has 0 saturated carbocycles. The van der Waals surface area contributed by atoms with Gasteiger partial charge in [0.2, 0.25) is 0 Å². The second-order valence-electron chi connectivity index (χ2n) is 5.98. The molecule has 0 aliphatic rings. The summed E-state index contributed by atoms with van der Waals surface area (Å²) in [6.07, 6.45) is 0.972. The third-order valence-corrected chi connectivity index (χ3v) is 4.11. The van der Waals surface area contributed by atoms with Crippen molar-refractivity contribution in [1.82, 2.24) is 0 Å². The van der Waals surface area contributed by atoms with Gasteiger partial charge in [-0.2, -0.15) is 0 Å². The van der Waals surface area contributed by atoms with Gasteiger partial charge in [-0.05, 0) is 55.2 Å². The van der Waals surface area contributed by atoms with Crippen LogP contribution in [0.4, 0.5) is 5.69 Å². The van der Waals surface area contributed by atoms with E-state index in [1.54, 1.807) is 24.3 Å². The molecule has 0 bridgehead atoms. The van der Waals surface area contributed by atoms with Crippen LogP contribution in [0.15, 0.2) is 48.5 Å². The summed E-state index contributed by atoms with van der Waals surface area (Å²) >= 11 is 0. The summed E-state index contributed by atoms with van der Waals surface area (Å²) in [5, 5.41) is 2.82. The van der Waals surface area contributed by atoms with E-state index in [-0.39, 0.29) is 12.5 Å². The summed E-state index contributed by atoms with van der Waals surface area (Å²) in [5.74, 6) is 0.111. The van der Waals surface area contributed by atoms with Crippen molar-refractivity contribution in [1.29, 1.82) is 0 Å². The summed E-state index contributed by atoms with van der Waals surface area (Å²) in [7, 11) is 0. The molecule has 0 fully saturated rings. The number of amides is 1. The van der Waals surface area contributed by atoms with Gasteiger partial charge in [0.1, 0.15) is 5.75 Å². The van der Waals surface area contributed by atoms with E-state index < -0.39 is 5.97 Å². The maximum Gasteiger partial charge on any atom is 0.338 e. The zero-order valence-electron chi connectivity index (χ0n) is 15.5. The Morgan fingerprint density at radius 1 is 1.04 bits per heavy atom. The highest BCUT2D eigenvalue weighted by atomic mass is 16.5. The van der Waals surface area contributed by atoms with Crippen LogP contribution in [-0.2, 0) is 9.53 Å². The monoisotopic (exact) mass is 355 g/mol. The van der Waals surface area contributed by atoms with Crippen molar-refractivity contribution in [2.75, 3.05) is 18.5 Å². The second kappa shape index (κ2) is 9.61. The van der Waals surface area contributed by atoms with Crippen LogP contribution in [0.2, 0.25) is 0 Å². The predicted molar refractivity (Wildman–Crippen MR) is 102 cm³/mol. The second-order valence-corrected chi connectivity index (χ2v) is 5.98. The van der Waals surface area contributed by atoms with Crippen LogP contribution in [0.5, 0.6) is 5.75 Å². The quantitative estimate of drug-likeness (QED) is 0.713. The van der Waals surface area contributed by atoms with Gasteiger partial charge in [0.15, 0.2) is 6.61 Å². The lowest BCUT2D eigenvalue weighted by Crippen LogP contribution is -2.21. The maximum atomic E-state index is 12.1. The lowest BCUT2D eigenvalue weighted by atomic mass is 9.97. The number of rotatable bonds is 8. The van der Waals surface area contributed by atoms with Gasteiger partial charge in [0, 0.05) is 5.69 Å². The third kappa shape index (κ3) is 5.34. The number of nitrogens with one attached hydrogen (secondary N) is 1. The van der Waals surface area contributed by atoms with Crippen LogP contribution in [-0.4, -0.2) is 25.1 Å². The molecule has 0 heterocycles. The molecule has 0 aliphatic carbocycles. The Balaban J connectivity index is 1.91. The summed E-state index contributed by atoms with van der Waals surface area (Å²) in [5.41, 5.74) is 2.20. The van der Waals surface area contributed by atoms with E-state index in [2.05, 4.69) is 19.2 Å². The first-order chi connectivity index (χ1) is 12.5. The first-order valence-corrected chi connectivity index (χ1v) is 8.83. The van der Waals surface area contributed by atoms with Gasteiger partial charge in [0.05, 0.1) is 12.2 Å². The number of benzene rings is 2. The number of para-hydroxylation sites is 1. The number of hydrogen-bond acceptors (Lipinski definition) is 4. The predicted octanol–water partition coefficient (Wildman–Crippen LogP) is 4.39. The Labute approximate surface area is 154 Å². The van der Waals surface area contributed by atoms with Crippen molar-refractivity contribution in [2.24, 2.45) is 0 Å². The first kappa shape index (κ1) is 19.5. The SMILES string of the molecule is CCOc1ccc(C(=O)OCC(=O)Nc2ccccc2[C@H](C)CC)cc1. The number of hydrogen-bond donors (Lipinski definition) is 1. The van der Waals surface area contributed by atoms with Crippen molar-refractivity contribution >= 4 is 17.6 Å². The first-order valence-electron chi connectivity index (χ1n) is 8.83. The molecule has 138 valence electrons. The number of carbonyl (C=O) groups excluding carboxylic acids is 2. The Kier molecular flexibility index (Phi) is 7.21. The van der Waals surface area contributed by atoms with E-state index in [4.69, 9.17) is 9.47 Å². The van der Waals surface area contributed by atoms with Crippen LogP contribution >= 0.6 is 0 Å². The lowest BCUT2D eigenvalue weighted by Gasteiger charge is -2.15. The van der Waals surface area contributed by atoms with Gasteiger partial charge in [-0.25, -0.2) is 4.79 Å². The molecule has 5 heteroatoms. The summed E-state index contributed by atoms with van der Waals surface area (Å²) in [6, 6.07) is 14.3. The fourth-order valence-electron chi connectivity index (χ4n) is 2.52. The number of ether oxygens (including phenoxy) is 2. The molecule has 1 amide bonds. The molecule has 26 heavy (non-hydrogen) atoms. The number of esters is 1. The molecule has 5 nitrogen and oxygen atoms in total. The Hall–Kier alpha value is -2.82. The van der Waals surface area contributed by atoms with Gasteiger partial charge in [0.25, 0.3) is 5.91 Å². The van der Waals surface area contributed by atoms with Crippen molar-refractivity contribution in [3.8, 4) is 5.75 Å². The molecule has 0 aromatic heterocycles. The standard InChI is InChI=1S/C21H25NO4/c1-4-15(3)18-8-6-7-9-19(18)22-20(23)14-26-21(24)16-10-12-17(13-11-16)25-5-2/h6-13,15H,4-5,14H2,1-3H3,(H,22,23)/t15-/m1/s1. The topological polar surface area (TPSA) is 64.6 Å². The summed E-state index contributed by atoms with van der Waals surface area (Å²) < 4.78 is 10.4. The van der Waals surface area contributed by atoms with Crippen molar-refractivity contribution < 1.29 is 19.1 Å². The van der Waals surface area contributed by atoms with Crippen molar-refractivity contribution in [3.05, 3.63) is 59.7 Å². The fraction of sp³-hybridized carbons (Fsp3) is 0.333. The lowest BCUT2D eigenvalue weighted by molar-refractivity contribution is -0.119. The molecule has 2 aromatic rings. The Bertz CT molecular complexity index is 740. The minimum absolute atomic E-state index is 0.331. The van der Waals surface area contributed by atoms with E-state index in [9.17, 15) is 9.59 Å². The van der Waals surface area contributed by atoms with Gasteiger partial charge < -0.3 is 14.8 Å². The molecule has 2 rings (SSSR count). The van der Waals surface area contributed by atoms with Crippen molar-refractivity contribution in [3.63, 3.8) is 0 Å². The van der Waals surface area contributed by atoms with E-state index in [0.29, 0.717) is 23.8 Å². The van der Waals surface area contributed by atoms with E-state index in [0.717, 1.165) is 17.7 Å². The molecule has 0 saturated heterocycles. The summed E-state index contributed by atoms with van der Waals surface area (Å²) in [4.78, 5) is 24.2. The van der Waals surface area contributed by atoms with Gasteiger partial charge in [-0.15, -0.1) is 0 Å². The van der Waals surface area contributed by atoms with Gasteiger partial charge in [-0.3, -0.25) is 4.79 Å². The normalized spacial score (nSPS) is 11.5. The van der Waals surface area contributed by atoms with Crippen LogP contribution < -0.4 is 10.1 Å². The average Bonchev–Trinajstić information content (AvgIpc) is 2.67. The Morgan fingerprint density at radius 3 is 2.38 bits per heavy atom. The highest BCUT2D eigenvalue weighted by Gasteiger charge is 2.13. The van der Waals surface area contributed by atoms with Crippen LogP contribution in [0.1, 0.15) is 49.0 Å². The molecule has 0 spiro atoms. The van der Waals surface area contributed by atoms with Crippen molar-refractivity contribution in [2.45, 2.75) is 33.1 Å². The smallest absolute Gasteiger partial charge is 0.338 e. The van der Waals surface area contributed by atoms with Gasteiger partial charge >= 0.3 is 5.97 Å². The molecule has 0 radical (unpaired) electrons. The van der Waals surface area contributed by atoms with Gasteiger partial charge in [-0.1, -0.05) is 32.0 Å². The summed E-state index contributed by atoms with van der Waals surface area (Å²) in [6.45, 7) is 6.32.